The summed E-state index contributed by atoms with van der Waals surface area (Å²) in [6, 6.07) is 21.8. The largest absolute Gasteiger partial charge is 0.496 e. The van der Waals surface area contributed by atoms with Gasteiger partial charge in [-0.1, -0.05) is 54.2 Å². The summed E-state index contributed by atoms with van der Waals surface area (Å²) in [4.78, 5) is 13.3. The predicted molar refractivity (Wildman–Crippen MR) is 123 cm³/mol. The van der Waals surface area contributed by atoms with Crippen LogP contribution in [-0.4, -0.2) is 27.0 Å². The molecule has 158 valence electrons. The van der Waals surface area contributed by atoms with Gasteiger partial charge in [-0.2, -0.15) is 8.42 Å². The maximum absolute atomic E-state index is 12.8. The molecule has 3 aromatic carbocycles. The maximum atomic E-state index is 12.8. The number of thioether (sulfide) groups is 1. The third-order valence-corrected chi connectivity index (χ3v) is 7.30. The van der Waals surface area contributed by atoms with E-state index in [9.17, 15) is 13.2 Å². The van der Waals surface area contributed by atoms with Crippen molar-refractivity contribution in [3.63, 3.8) is 0 Å². The molecule has 0 fully saturated rings. The predicted octanol–water partition coefficient (Wildman–Crippen LogP) is 4.51. The maximum Gasteiger partial charge on any atom is 0.286 e. The van der Waals surface area contributed by atoms with E-state index < -0.39 is 10.0 Å². The van der Waals surface area contributed by atoms with E-state index in [1.54, 1.807) is 43.5 Å². The summed E-state index contributed by atoms with van der Waals surface area (Å²) in [5, 5.41) is 0.376. The van der Waals surface area contributed by atoms with Gasteiger partial charge in [-0.15, -0.1) is 4.40 Å². The lowest BCUT2D eigenvalue weighted by atomic mass is 10.1. The van der Waals surface area contributed by atoms with E-state index in [2.05, 4.69) is 4.40 Å². The fraction of sp³-hybridized carbons (Fsp3) is 0.130. The SMILES string of the molecule is COc1ccc(C=O)cc1CSC1=NS(=O)(=O)c2ccccc2N1Cc1ccccc1. The van der Waals surface area contributed by atoms with Gasteiger partial charge in [0.15, 0.2) is 5.17 Å². The van der Waals surface area contributed by atoms with E-state index in [1.807, 2.05) is 41.3 Å². The first kappa shape index (κ1) is 21.1. The molecule has 0 unspecified atom stereocenters. The van der Waals surface area contributed by atoms with Gasteiger partial charge >= 0.3 is 0 Å². The number of para-hydroxylation sites is 1. The molecule has 6 nitrogen and oxygen atoms in total. The van der Waals surface area contributed by atoms with Gasteiger partial charge in [-0.05, 0) is 35.9 Å². The van der Waals surface area contributed by atoms with Crippen molar-refractivity contribution in [1.29, 1.82) is 0 Å². The minimum absolute atomic E-state index is 0.191. The van der Waals surface area contributed by atoms with Crippen molar-refractivity contribution in [2.75, 3.05) is 12.0 Å². The first-order valence-electron chi connectivity index (χ1n) is 9.52. The highest BCUT2D eigenvalue weighted by Gasteiger charge is 2.31. The van der Waals surface area contributed by atoms with Gasteiger partial charge in [0, 0.05) is 16.9 Å². The number of nitrogens with zero attached hydrogens (tertiary/aromatic N) is 2. The van der Waals surface area contributed by atoms with Crippen molar-refractivity contribution in [3.05, 3.63) is 89.5 Å². The Balaban J connectivity index is 1.71. The number of methoxy groups -OCH3 is 1. The van der Waals surface area contributed by atoms with Gasteiger partial charge in [-0.25, -0.2) is 0 Å². The van der Waals surface area contributed by atoms with Crippen LogP contribution in [0, 0.1) is 0 Å². The summed E-state index contributed by atoms with van der Waals surface area (Å²) in [5.74, 6) is 1.03. The molecule has 1 heterocycles. The van der Waals surface area contributed by atoms with Gasteiger partial charge in [-0.3, -0.25) is 4.79 Å². The Morgan fingerprint density at radius 1 is 1.03 bits per heavy atom. The second-order valence-corrected chi connectivity index (χ2v) is 9.38. The quantitative estimate of drug-likeness (QED) is 0.513. The smallest absolute Gasteiger partial charge is 0.286 e. The van der Waals surface area contributed by atoms with Crippen LogP contribution in [0.2, 0.25) is 0 Å². The number of rotatable bonds is 6. The minimum atomic E-state index is -3.81. The third-order valence-electron chi connectivity index (χ3n) is 4.84. The normalized spacial score (nSPS) is 14.5. The number of sulfonamides is 1. The summed E-state index contributed by atoms with van der Waals surface area (Å²) in [6.45, 7) is 0.477. The third kappa shape index (κ3) is 4.50. The lowest BCUT2D eigenvalue weighted by Crippen LogP contribution is -2.33. The summed E-state index contributed by atoms with van der Waals surface area (Å²) in [7, 11) is -2.25. The van der Waals surface area contributed by atoms with E-state index in [-0.39, 0.29) is 4.90 Å². The number of carbonyl (C=O) groups is 1. The zero-order valence-electron chi connectivity index (χ0n) is 16.8. The van der Waals surface area contributed by atoms with Gasteiger partial charge < -0.3 is 9.64 Å². The highest BCUT2D eigenvalue weighted by molar-refractivity contribution is 8.14. The van der Waals surface area contributed by atoms with E-state index in [4.69, 9.17) is 4.74 Å². The van der Waals surface area contributed by atoms with E-state index in [0.717, 1.165) is 17.4 Å². The molecule has 1 aliphatic rings. The molecular weight excluding hydrogens is 432 g/mol. The molecule has 4 rings (SSSR count). The molecule has 0 spiro atoms. The molecule has 0 aliphatic carbocycles. The monoisotopic (exact) mass is 452 g/mol. The number of anilines is 1. The first-order valence-corrected chi connectivity index (χ1v) is 11.9. The molecule has 0 amide bonds. The minimum Gasteiger partial charge on any atom is -0.496 e. The zero-order chi connectivity index (χ0) is 21.8. The van der Waals surface area contributed by atoms with Crippen molar-refractivity contribution in [3.8, 4) is 5.75 Å². The van der Waals surface area contributed by atoms with Crippen LogP contribution >= 0.6 is 11.8 Å². The van der Waals surface area contributed by atoms with Gasteiger partial charge in [0.2, 0.25) is 0 Å². The van der Waals surface area contributed by atoms with Crippen LogP contribution in [0.5, 0.6) is 5.75 Å². The lowest BCUT2D eigenvalue weighted by Gasteiger charge is -2.30. The second-order valence-electron chi connectivity index (χ2n) is 6.87. The molecule has 0 saturated heterocycles. The molecule has 0 N–H and O–H groups in total. The van der Waals surface area contributed by atoms with Crippen molar-refractivity contribution in [1.82, 2.24) is 0 Å². The Hall–Kier alpha value is -3.10. The highest BCUT2D eigenvalue weighted by Crippen LogP contribution is 2.36. The molecule has 3 aromatic rings. The van der Waals surface area contributed by atoms with Gasteiger partial charge in [0.1, 0.15) is 16.9 Å². The number of hydrogen-bond acceptors (Lipinski definition) is 6. The first-order chi connectivity index (χ1) is 15.0. The molecule has 8 heteroatoms. The number of carbonyl (C=O) groups excluding carboxylic acids is 1. The molecular formula is C23H20N2O4S2. The number of benzene rings is 3. The number of fused-ring (bicyclic) bond motifs is 1. The average molecular weight is 453 g/mol. The van der Waals surface area contributed by atoms with Crippen LogP contribution in [0.25, 0.3) is 0 Å². The van der Waals surface area contributed by atoms with Crippen LogP contribution in [0.4, 0.5) is 5.69 Å². The summed E-state index contributed by atoms with van der Waals surface area (Å²) in [5.41, 5.74) is 2.94. The van der Waals surface area contributed by atoms with E-state index in [1.165, 1.54) is 11.8 Å². The van der Waals surface area contributed by atoms with Crippen molar-refractivity contribution in [2.45, 2.75) is 17.2 Å². The second kappa shape index (κ2) is 8.95. The Bertz CT molecular complexity index is 1240. The van der Waals surface area contributed by atoms with E-state index in [0.29, 0.717) is 34.5 Å². The summed E-state index contributed by atoms with van der Waals surface area (Å²) in [6.07, 6.45) is 0.772. The fourth-order valence-electron chi connectivity index (χ4n) is 3.35. The molecule has 0 aromatic heterocycles. The van der Waals surface area contributed by atoms with E-state index >= 15 is 0 Å². The molecule has 31 heavy (non-hydrogen) atoms. The average Bonchev–Trinajstić information content (AvgIpc) is 2.80. The highest BCUT2D eigenvalue weighted by atomic mass is 32.2. The van der Waals surface area contributed by atoms with Crippen LogP contribution in [0.1, 0.15) is 21.5 Å². The summed E-state index contributed by atoms with van der Waals surface area (Å²) < 4.78 is 35.2. The molecule has 0 saturated carbocycles. The Labute approximate surface area is 185 Å². The van der Waals surface area contributed by atoms with Crippen LogP contribution in [0.3, 0.4) is 0 Å². The van der Waals surface area contributed by atoms with Gasteiger partial charge in [0.05, 0.1) is 19.3 Å². The summed E-state index contributed by atoms with van der Waals surface area (Å²) >= 11 is 1.29. The number of aldehydes is 1. The molecule has 0 atom stereocenters. The Morgan fingerprint density at radius 3 is 2.52 bits per heavy atom. The lowest BCUT2D eigenvalue weighted by molar-refractivity contribution is 0.112. The Morgan fingerprint density at radius 2 is 1.77 bits per heavy atom. The van der Waals surface area contributed by atoms with Crippen molar-refractivity contribution < 1.29 is 17.9 Å². The fourth-order valence-corrected chi connectivity index (χ4v) is 5.78. The van der Waals surface area contributed by atoms with Crippen molar-refractivity contribution in [2.24, 2.45) is 4.40 Å². The Kier molecular flexibility index (Phi) is 6.11. The van der Waals surface area contributed by atoms with Crippen molar-refractivity contribution >= 4 is 38.9 Å². The van der Waals surface area contributed by atoms with Crippen LogP contribution in [0.15, 0.2) is 82.1 Å². The molecule has 0 bridgehead atoms. The molecule has 1 aliphatic heterocycles. The standard InChI is InChI=1S/C23H20N2O4S2/c1-29-21-12-11-18(15-26)13-19(21)16-30-23-24-31(27,28)22-10-6-5-9-20(22)25(23)14-17-7-3-2-4-8-17/h2-13,15H,14,16H2,1H3. The number of hydrogen-bond donors (Lipinski definition) is 0. The number of amidine groups is 1. The van der Waals surface area contributed by atoms with Crippen LogP contribution in [-0.2, 0) is 22.3 Å². The zero-order valence-corrected chi connectivity index (χ0v) is 18.4. The van der Waals surface area contributed by atoms with Gasteiger partial charge in [0.25, 0.3) is 10.0 Å². The number of ether oxygens (including phenoxy) is 1. The topological polar surface area (TPSA) is 76.0 Å². The van der Waals surface area contributed by atoms with Crippen LogP contribution < -0.4 is 9.64 Å². The molecule has 0 radical (unpaired) electrons.